The molecule has 0 unspecified atom stereocenters. The van der Waals surface area contributed by atoms with Gasteiger partial charge in [-0.05, 0) is 17.7 Å². The van der Waals surface area contributed by atoms with Gasteiger partial charge in [0.1, 0.15) is 18.4 Å². The number of aliphatic carboxylic acids is 1. The van der Waals surface area contributed by atoms with E-state index < -0.39 is 18.1 Å². The lowest BCUT2D eigenvalue weighted by Gasteiger charge is -2.14. The molecule has 0 aromatic heterocycles. The Balaban J connectivity index is 2.65. The van der Waals surface area contributed by atoms with Crippen molar-refractivity contribution < 1.29 is 24.5 Å². The highest BCUT2D eigenvalue weighted by Crippen LogP contribution is 2.12. The Morgan fingerprint density at radius 2 is 2.21 bits per heavy atom. The minimum atomic E-state index is -1.18. The highest BCUT2D eigenvalue weighted by atomic mass is 16.5. The van der Waals surface area contributed by atoms with Gasteiger partial charge in [-0.25, -0.2) is 9.59 Å². The number of alkyl carbamates (subject to hydrolysis) is 1. The van der Waals surface area contributed by atoms with E-state index in [1.165, 1.54) is 18.2 Å². The maximum Gasteiger partial charge on any atom is 0.408 e. The molecule has 6 heteroatoms. The SMILES string of the molecule is C=CCOC(=O)N[C@H](Cc1cccc(O)c1)C(=O)O. The molecule has 3 N–H and O–H groups in total. The van der Waals surface area contributed by atoms with E-state index in [1.807, 2.05) is 0 Å². The summed E-state index contributed by atoms with van der Waals surface area (Å²) in [6.45, 7) is 3.38. The second-order valence-electron chi connectivity index (χ2n) is 3.80. The number of carboxylic acids is 1. The van der Waals surface area contributed by atoms with Gasteiger partial charge >= 0.3 is 12.1 Å². The predicted octanol–water partition coefficient (Wildman–Crippen LogP) is 1.30. The van der Waals surface area contributed by atoms with Crippen molar-refractivity contribution in [2.24, 2.45) is 0 Å². The number of rotatable bonds is 6. The monoisotopic (exact) mass is 265 g/mol. The number of hydrogen-bond donors (Lipinski definition) is 3. The van der Waals surface area contributed by atoms with Gasteiger partial charge in [-0.1, -0.05) is 24.8 Å². The van der Waals surface area contributed by atoms with Gasteiger partial charge in [0, 0.05) is 6.42 Å². The zero-order valence-corrected chi connectivity index (χ0v) is 10.2. The van der Waals surface area contributed by atoms with Crippen molar-refractivity contribution in [3.8, 4) is 5.75 Å². The first-order valence-corrected chi connectivity index (χ1v) is 5.58. The van der Waals surface area contributed by atoms with Crippen LogP contribution in [-0.2, 0) is 16.0 Å². The Labute approximate surface area is 110 Å². The molecule has 19 heavy (non-hydrogen) atoms. The molecule has 0 aliphatic rings. The van der Waals surface area contributed by atoms with E-state index in [9.17, 15) is 14.7 Å². The Kier molecular flexibility index (Phi) is 5.40. The van der Waals surface area contributed by atoms with Crippen LogP contribution in [0, 0.1) is 0 Å². The zero-order valence-electron chi connectivity index (χ0n) is 10.2. The molecule has 0 fully saturated rings. The standard InChI is InChI=1S/C13H15NO5/c1-2-6-19-13(18)14-11(12(16)17)8-9-4-3-5-10(15)7-9/h2-5,7,11,15H,1,6,8H2,(H,14,18)(H,16,17)/t11-/m1/s1. The van der Waals surface area contributed by atoms with Crippen molar-refractivity contribution in [3.05, 3.63) is 42.5 Å². The third kappa shape index (κ3) is 5.12. The molecule has 0 spiro atoms. The van der Waals surface area contributed by atoms with Crippen molar-refractivity contribution in [3.63, 3.8) is 0 Å². The molecule has 0 heterocycles. The summed E-state index contributed by atoms with van der Waals surface area (Å²) in [4.78, 5) is 22.3. The second kappa shape index (κ2) is 7.05. The van der Waals surface area contributed by atoms with Crippen LogP contribution in [0.25, 0.3) is 0 Å². The lowest BCUT2D eigenvalue weighted by molar-refractivity contribution is -0.139. The fourth-order valence-electron chi connectivity index (χ4n) is 1.44. The summed E-state index contributed by atoms with van der Waals surface area (Å²) in [5, 5.41) is 20.5. The number of carboxylic acid groups (broad SMARTS) is 1. The number of phenolic OH excluding ortho intramolecular Hbond substituents is 1. The molecular weight excluding hydrogens is 250 g/mol. The van der Waals surface area contributed by atoms with Crippen molar-refractivity contribution in [1.29, 1.82) is 0 Å². The van der Waals surface area contributed by atoms with Crippen LogP contribution >= 0.6 is 0 Å². The van der Waals surface area contributed by atoms with E-state index in [-0.39, 0.29) is 18.8 Å². The summed E-state index contributed by atoms with van der Waals surface area (Å²) in [7, 11) is 0. The average molecular weight is 265 g/mol. The van der Waals surface area contributed by atoms with Crippen LogP contribution < -0.4 is 5.32 Å². The van der Waals surface area contributed by atoms with Crippen LogP contribution in [0.15, 0.2) is 36.9 Å². The predicted molar refractivity (Wildman–Crippen MR) is 67.9 cm³/mol. The summed E-state index contributed by atoms with van der Waals surface area (Å²) < 4.78 is 4.65. The number of carbonyl (C=O) groups excluding carboxylic acids is 1. The average Bonchev–Trinajstić information content (AvgIpc) is 2.35. The molecule has 1 aromatic rings. The van der Waals surface area contributed by atoms with E-state index >= 15 is 0 Å². The number of amides is 1. The topological polar surface area (TPSA) is 95.9 Å². The number of phenols is 1. The van der Waals surface area contributed by atoms with Gasteiger partial charge in [-0.3, -0.25) is 0 Å². The summed E-state index contributed by atoms with van der Waals surface area (Å²) in [6.07, 6.45) is 0.602. The maximum absolute atomic E-state index is 11.3. The molecule has 0 saturated carbocycles. The van der Waals surface area contributed by atoms with E-state index in [0.29, 0.717) is 5.56 Å². The van der Waals surface area contributed by atoms with Crippen molar-refractivity contribution in [1.82, 2.24) is 5.32 Å². The van der Waals surface area contributed by atoms with Gasteiger partial charge in [0.25, 0.3) is 0 Å². The van der Waals surface area contributed by atoms with Gasteiger partial charge in [0.2, 0.25) is 0 Å². The van der Waals surface area contributed by atoms with Gasteiger partial charge < -0.3 is 20.3 Å². The quantitative estimate of drug-likeness (QED) is 0.674. The summed E-state index contributed by atoms with van der Waals surface area (Å²) >= 11 is 0. The van der Waals surface area contributed by atoms with Gasteiger partial charge in [0.15, 0.2) is 0 Å². The minimum absolute atomic E-state index is 0.00426. The van der Waals surface area contributed by atoms with Gasteiger partial charge in [-0.2, -0.15) is 0 Å². The Bertz CT molecular complexity index is 472. The number of carbonyl (C=O) groups is 2. The van der Waals surface area contributed by atoms with E-state index in [1.54, 1.807) is 12.1 Å². The van der Waals surface area contributed by atoms with Crippen molar-refractivity contribution in [2.45, 2.75) is 12.5 Å². The molecule has 1 atom stereocenters. The van der Waals surface area contributed by atoms with Crippen LogP contribution in [-0.4, -0.2) is 34.9 Å². The fraction of sp³-hybridized carbons (Fsp3) is 0.231. The van der Waals surface area contributed by atoms with Crippen LogP contribution in [0.5, 0.6) is 5.75 Å². The fourth-order valence-corrected chi connectivity index (χ4v) is 1.44. The number of ether oxygens (including phenoxy) is 1. The number of hydrogen-bond acceptors (Lipinski definition) is 4. The molecule has 0 saturated heterocycles. The molecule has 0 bridgehead atoms. The maximum atomic E-state index is 11.3. The minimum Gasteiger partial charge on any atom is -0.508 e. The molecule has 1 amide bonds. The molecule has 1 aromatic carbocycles. The molecule has 6 nitrogen and oxygen atoms in total. The van der Waals surface area contributed by atoms with Crippen LogP contribution in [0.2, 0.25) is 0 Å². The van der Waals surface area contributed by atoms with Crippen LogP contribution in [0.4, 0.5) is 4.79 Å². The van der Waals surface area contributed by atoms with Crippen LogP contribution in [0.3, 0.4) is 0 Å². The largest absolute Gasteiger partial charge is 0.508 e. The molecule has 0 radical (unpaired) electrons. The Morgan fingerprint density at radius 1 is 1.47 bits per heavy atom. The Hall–Kier alpha value is -2.50. The summed E-state index contributed by atoms with van der Waals surface area (Å²) in [5.41, 5.74) is 0.594. The lowest BCUT2D eigenvalue weighted by Crippen LogP contribution is -2.42. The zero-order chi connectivity index (χ0) is 14.3. The first-order valence-electron chi connectivity index (χ1n) is 5.58. The molecule has 0 aliphatic heterocycles. The molecule has 1 rings (SSSR count). The smallest absolute Gasteiger partial charge is 0.408 e. The summed E-state index contributed by atoms with van der Waals surface area (Å²) in [6, 6.07) is 5.04. The Morgan fingerprint density at radius 3 is 2.79 bits per heavy atom. The van der Waals surface area contributed by atoms with E-state index in [2.05, 4.69) is 16.6 Å². The lowest BCUT2D eigenvalue weighted by atomic mass is 10.1. The highest BCUT2D eigenvalue weighted by Gasteiger charge is 2.21. The third-order valence-corrected chi connectivity index (χ3v) is 2.27. The number of aromatic hydroxyl groups is 1. The molecule has 102 valence electrons. The molecule has 0 aliphatic carbocycles. The molecular formula is C13H15NO5. The van der Waals surface area contributed by atoms with Crippen molar-refractivity contribution >= 4 is 12.1 Å². The number of benzene rings is 1. The third-order valence-electron chi connectivity index (χ3n) is 2.27. The van der Waals surface area contributed by atoms with Gasteiger partial charge in [0.05, 0.1) is 0 Å². The number of nitrogens with one attached hydrogen (secondary N) is 1. The highest BCUT2D eigenvalue weighted by molar-refractivity contribution is 5.80. The van der Waals surface area contributed by atoms with Crippen LogP contribution in [0.1, 0.15) is 5.56 Å². The van der Waals surface area contributed by atoms with E-state index in [4.69, 9.17) is 5.11 Å². The van der Waals surface area contributed by atoms with Crippen molar-refractivity contribution in [2.75, 3.05) is 6.61 Å². The van der Waals surface area contributed by atoms with E-state index in [0.717, 1.165) is 0 Å². The first kappa shape index (κ1) is 14.6. The normalized spacial score (nSPS) is 11.4. The van der Waals surface area contributed by atoms with Gasteiger partial charge in [-0.15, -0.1) is 0 Å². The summed E-state index contributed by atoms with van der Waals surface area (Å²) in [5.74, 6) is -1.14. The first-order chi connectivity index (χ1) is 9.02. The second-order valence-corrected chi connectivity index (χ2v) is 3.80.